The molecule has 0 aromatic heterocycles. The van der Waals surface area contributed by atoms with Crippen LogP contribution in [0, 0.1) is 0 Å². The van der Waals surface area contributed by atoms with Crippen molar-refractivity contribution in [2.75, 3.05) is 0 Å². The van der Waals surface area contributed by atoms with Crippen LogP contribution in [0.1, 0.15) is 46.5 Å². The van der Waals surface area contributed by atoms with Crippen molar-refractivity contribution in [3.05, 3.63) is 11.6 Å². The fourth-order valence-electron chi connectivity index (χ4n) is 1.03. The SMILES string of the molecule is CC/C=C(\CC)CCC. The average Bonchev–Trinajstić information content (AvgIpc) is 1.88. The maximum absolute atomic E-state index is 2.35. The molecule has 0 fully saturated rings. The van der Waals surface area contributed by atoms with Gasteiger partial charge < -0.3 is 0 Å². The summed E-state index contributed by atoms with van der Waals surface area (Å²) in [5.41, 5.74) is 1.63. The fourth-order valence-corrected chi connectivity index (χ4v) is 1.03. The van der Waals surface area contributed by atoms with Crippen LogP contribution in [0.25, 0.3) is 0 Å². The summed E-state index contributed by atoms with van der Waals surface area (Å²) in [5, 5.41) is 0. The van der Waals surface area contributed by atoms with Gasteiger partial charge in [0.25, 0.3) is 0 Å². The molecule has 0 aromatic carbocycles. The molecule has 0 N–H and O–H groups in total. The van der Waals surface area contributed by atoms with Crippen molar-refractivity contribution in [2.45, 2.75) is 46.5 Å². The van der Waals surface area contributed by atoms with E-state index in [1.54, 1.807) is 5.57 Å². The van der Waals surface area contributed by atoms with Gasteiger partial charge in [-0.25, -0.2) is 0 Å². The minimum absolute atomic E-state index is 1.20. The summed E-state index contributed by atoms with van der Waals surface area (Å²) in [5.74, 6) is 0. The highest BCUT2D eigenvalue weighted by Crippen LogP contribution is 2.08. The van der Waals surface area contributed by atoms with Gasteiger partial charge in [-0.1, -0.05) is 38.8 Å². The molecule has 0 atom stereocenters. The Labute approximate surface area is 59.0 Å². The molecule has 0 heteroatoms. The van der Waals surface area contributed by atoms with E-state index in [0.717, 1.165) is 0 Å². The molecule has 0 nitrogen and oxygen atoms in total. The Morgan fingerprint density at radius 2 is 1.89 bits per heavy atom. The van der Waals surface area contributed by atoms with E-state index in [1.807, 2.05) is 0 Å². The third-order valence-corrected chi connectivity index (χ3v) is 1.52. The molecule has 0 unspecified atom stereocenters. The Morgan fingerprint density at radius 3 is 2.22 bits per heavy atom. The van der Waals surface area contributed by atoms with Gasteiger partial charge in [-0.05, 0) is 19.3 Å². The first kappa shape index (κ1) is 8.74. The Kier molecular flexibility index (Phi) is 5.70. The quantitative estimate of drug-likeness (QED) is 0.505. The molecule has 0 aromatic rings. The zero-order valence-corrected chi connectivity index (χ0v) is 6.91. The van der Waals surface area contributed by atoms with E-state index in [4.69, 9.17) is 0 Å². The lowest BCUT2D eigenvalue weighted by Gasteiger charge is -1.99. The molecule has 0 saturated carbocycles. The van der Waals surface area contributed by atoms with Gasteiger partial charge in [0.05, 0.1) is 0 Å². The van der Waals surface area contributed by atoms with Gasteiger partial charge in [0, 0.05) is 0 Å². The van der Waals surface area contributed by atoms with Gasteiger partial charge in [0.1, 0.15) is 0 Å². The molecule has 0 aliphatic rings. The second-order valence-electron chi connectivity index (χ2n) is 2.37. The Bertz CT molecular complexity index is 80.0. The normalized spacial score (nSPS) is 12.1. The summed E-state index contributed by atoms with van der Waals surface area (Å²) in [6, 6.07) is 0. The number of allylic oxidation sites excluding steroid dienone is 2. The van der Waals surface area contributed by atoms with Gasteiger partial charge in [-0.2, -0.15) is 0 Å². The Morgan fingerprint density at radius 1 is 1.22 bits per heavy atom. The second-order valence-corrected chi connectivity index (χ2v) is 2.37. The molecule has 0 heterocycles. The van der Waals surface area contributed by atoms with Crippen molar-refractivity contribution >= 4 is 0 Å². The van der Waals surface area contributed by atoms with Gasteiger partial charge in [0.15, 0.2) is 0 Å². The first-order chi connectivity index (χ1) is 4.35. The third kappa shape index (κ3) is 4.26. The predicted molar refractivity (Wildman–Crippen MR) is 43.6 cm³/mol. The largest absolute Gasteiger partial charge is 0.0856 e. The van der Waals surface area contributed by atoms with Crippen LogP contribution in [0.5, 0.6) is 0 Å². The predicted octanol–water partition coefficient (Wildman–Crippen LogP) is 3.53. The van der Waals surface area contributed by atoms with E-state index < -0.39 is 0 Å². The van der Waals surface area contributed by atoms with Crippen LogP contribution in [0.2, 0.25) is 0 Å². The number of hydrogen-bond donors (Lipinski definition) is 0. The third-order valence-electron chi connectivity index (χ3n) is 1.52. The van der Waals surface area contributed by atoms with Crippen molar-refractivity contribution in [2.24, 2.45) is 0 Å². The van der Waals surface area contributed by atoms with E-state index >= 15 is 0 Å². The van der Waals surface area contributed by atoms with Crippen LogP contribution in [0.4, 0.5) is 0 Å². The first-order valence-corrected chi connectivity index (χ1v) is 4.03. The lowest BCUT2D eigenvalue weighted by atomic mass is 10.1. The van der Waals surface area contributed by atoms with Crippen LogP contribution in [0.3, 0.4) is 0 Å². The molecular formula is C9H18. The minimum atomic E-state index is 1.20. The Hall–Kier alpha value is -0.260. The lowest BCUT2D eigenvalue weighted by Crippen LogP contribution is -1.78. The monoisotopic (exact) mass is 126 g/mol. The summed E-state index contributed by atoms with van der Waals surface area (Å²) in [7, 11) is 0. The molecule has 0 radical (unpaired) electrons. The highest BCUT2D eigenvalue weighted by atomic mass is 13.9. The summed E-state index contributed by atoms with van der Waals surface area (Å²) < 4.78 is 0. The molecule has 0 amide bonds. The molecule has 0 aliphatic heterocycles. The Balaban J connectivity index is 3.53. The van der Waals surface area contributed by atoms with Gasteiger partial charge in [-0.15, -0.1) is 0 Å². The van der Waals surface area contributed by atoms with Crippen LogP contribution < -0.4 is 0 Å². The van der Waals surface area contributed by atoms with Crippen molar-refractivity contribution in [3.8, 4) is 0 Å². The topological polar surface area (TPSA) is 0 Å². The molecular weight excluding hydrogens is 108 g/mol. The molecule has 0 rings (SSSR count). The molecule has 0 aliphatic carbocycles. The number of rotatable bonds is 4. The van der Waals surface area contributed by atoms with E-state index in [0.29, 0.717) is 0 Å². The summed E-state index contributed by atoms with van der Waals surface area (Å²) >= 11 is 0. The second kappa shape index (κ2) is 5.87. The maximum atomic E-state index is 2.35. The zero-order chi connectivity index (χ0) is 7.11. The zero-order valence-electron chi connectivity index (χ0n) is 6.91. The molecule has 0 saturated heterocycles. The molecule has 0 bridgehead atoms. The fraction of sp³-hybridized carbons (Fsp3) is 0.778. The van der Waals surface area contributed by atoms with E-state index in [-0.39, 0.29) is 0 Å². The maximum Gasteiger partial charge on any atom is -0.0323 e. The summed E-state index contributed by atoms with van der Waals surface area (Å²) in [6.45, 7) is 6.67. The first-order valence-electron chi connectivity index (χ1n) is 4.03. The lowest BCUT2D eigenvalue weighted by molar-refractivity contribution is 0.849. The van der Waals surface area contributed by atoms with E-state index in [1.165, 1.54) is 25.7 Å². The molecule has 9 heavy (non-hydrogen) atoms. The van der Waals surface area contributed by atoms with Crippen molar-refractivity contribution in [1.82, 2.24) is 0 Å². The van der Waals surface area contributed by atoms with Crippen molar-refractivity contribution in [1.29, 1.82) is 0 Å². The van der Waals surface area contributed by atoms with E-state index in [2.05, 4.69) is 26.8 Å². The van der Waals surface area contributed by atoms with E-state index in [9.17, 15) is 0 Å². The standard InChI is InChI=1S/C9H18/c1-4-7-9(6-3)8-5-2/h7H,4-6,8H2,1-3H3/b9-7+. The van der Waals surface area contributed by atoms with Crippen LogP contribution >= 0.6 is 0 Å². The van der Waals surface area contributed by atoms with Crippen molar-refractivity contribution in [3.63, 3.8) is 0 Å². The molecule has 0 spiro atoms. The van der Waals surface area contributed by atoms with Crippen molar-refractivity contribution < 1.29 is 0 Å². The smallest absolute Gasteiger partial charge is 0.0323 e. The highest BCUT2D eigenvalue weighted by molar-refractivity contribution is 4.99. The van der Waals surface area contributed by atoms with Gasteiger partial charge >= 0.3 is 0 Å². The average molecular weight is 126 g/mol. The molecule has 54 valence electrons. The number of hydrogen-bond acceptors (Lipinski definition) is 0. The van der Waals surface area contributed by atoms with Gasteiger partial charge in [0.2, 0.25) is 0 Å². The minimum Gasteiger partial charge on any atom is -0.0856 e. The van der Waals surface area contributed by atoms with Gasteiger partial charge in [-0.3, -0.25) is 0 Å². The highest BCUT2D eigenvalue weighted by Gasteiger charge is 1.88. The summed E-state index contributed by atoms with van der Waals surface area (Å²) in [4.78, 5) is 0. The van der Waals surface area contributed by atoms with Crippen LogP contribution in [-0.4, -0.2) is 0 Å². The van der Waals surface area contributed by atoms with Crippen LogP contribution in [-0.2, 0) is 0 Å². The van der Waals surface area contributed by atoms with Crippen LogP contribution in [0.15, 0.2) is 11.6 Å². The summed E-state index contributed by atoms with van der Waals surface area (Å²) in [6.07, 6.45) is 7.37.